The Labute approximate surface area is 828 Å². The molecule has 0 spiro atoms. The van der Waals surface area contributed by atoms with Crippen molar-refractivity contribution in [2.75, 3.05) is 14.7 Å². The van der Waals surface area contributed by atoms with E-state index < -0.39 is 0 Å². The normalized spacial score (nSPS) is 13.7. The summed E-state index contributed by atoms with van der Waals surface area (Å²) in [5, 5.41) is 9.86. The van der Waals surface area contributed by atoms with Gasteiger partial charge in [0.05, 0.1) is 11.4 Å². The Morgan fingerprint density at radius 2 is 0.447 bits per heavy atom. The van der Waals surface area contributed by atoms with Gasteiger partial charge in [-0.25, -0.2) is 0 Å². The molecule has 1 heterocycles. The number of hydrogen-bond donors (Lipinski definition) is 0. The Morgan fingerprint density at radius 3 is 0.851 bits per heavy atom. The van der Waals surface area contributed by atoms with E-state index in [2.05, 4.69) is 529 Å². The van der Waals surface area contributed by atoms with E-state index in [1.54, 1.807) is 0 Å². The first-order valence-electron chi connectivity index (χ1n) is 49.7. The second kappa shape index (κ2) is 34.0. The first-order chi connectivity index (χ1) is 68.5. The average Bonchev–Trinajstić information content (AvgIpc) is 1.59. The van der Waals surface area contributed by atoms with Crippen LogP contribution in [0, 0.1) is 34.6 Å². The van der Waals surface area contributed by atoms with Crippen LogP contribution in [0.2, 0.25) is 0 Å². The van der Waals surface area contributed by atoms with Crippen molar-refractivity contribution in [1.29, 1.82) is 0 Å². The van der Waals surface area contributed by atoms with Gasteiger partial charge in [0.2, 0.25) is 0 Å². The highest BCUT2D eigenvalue weighted by atomic mass is 16.3. The number of fused-ring (bicyclic) bond motifs is 18. The predicted molar refractivity (Wildman–Crippen MR) is 599 cm³/mol. The van der Waals surface area contributed by atoms with Crippen LogP contribution in [0.15, 0.2) is 441 Å². The van der Waals surface area contributed by atoms with Gasteiger partial charge in [-0.15, -0.1) is 0 Å². The lowest BCUT2D eigenvalue weighted by molar-refractivity contribution is 0.660. The van der Waals surface area contributed by atoms with Crippen LogP contribution in [0.1, 0.15) is 128 Å². The molecule has 0 saturated heterocycles. The first kappa shape index (κ1) is 87.4. The molecule has 4 aliphatic rings. The molecule has 0 bridgehead atoms. The molecule has 0 saturated carbocycles. The molecule has 26 rings (SSSR count). The van der Waals surface area contributed by atoms with E-state index in [1.807, 2.05) is 12.1 Å². The number of nitrogens with zero attached hydrogens (tertiary/aromatic N) is 3. The minimum absolute atomic E-state index is 0.0746. The van der Waals surface area contributed by atoms with Crippen molar-refractivity contribution in [3.8, 4) is 89.0 Å². The van der Waals surface area contributed by atoms with Gasteiger partial charge < -0.3 is 19.1 Å². The van der Waals surface area contributed by atoms with E-state index in [0.29, 0.717) is 0 Å². The molecule has 4 nitrogen and oxygen atoms in total. The third kappa shape index (κ3) is 14.9. The predicted octanol–water partition coefficient (Wildman–Crippen LogP) is 38.3. The molecule has 0 aliphatic heterocycles. The van der Waals surface area contributed by atoms with Crippen molar-refractivity contribution in [1.82, 2.24) is 0 Å². The van der Waals surface area contributed by atoms with Gasteiger partial charge in [-0.2, -0.15) is 0 Å². The zero-order valence-corrected chi connectivity index (χ0v) is 82.3. The lowest BCUT2D eigenvalue weighted by atomic mass is 9.82. The molecule has 22 aromatic rings. The maximum absolute atomic E-state index is 6.38. The monoisotopic (exact) mass is 1810 g/mol. The largest absolute Gasteiger partial charge is 0.456 e. The van der Waals surface area contributed by atoms with Gasteiger partial charge in [-0.05, 0) is 362 Å². The summed E-state index contributed by atoms with van der Waals surface area (Å²) in [6.07, 6.45) is 0. The number of rotatable bonds is 13. The molecule has 0 fully saturated rings. The molecule has 680 valence electrons. The van der Waals surface area contributed by atoms with E-state index in [-0.39, 0.29) is 21.7 Å². The van der Waals surface area contributed by atoms with Gasteiger partial charge in [-0.3, -0.25) is 0 Å². The van der Waals surface area contributed by atoms with Crippen molar-refractivity contribution in [2.45, 2.75) is 112 Å². The Hall–Kier alpha value is -16.4. The second-order valence-corrected chi connectivity index (χ2v) is 41.4. The Balaban J connectivity index is 0.000000115. The van der Waals surface area contributed by atoms with Crippen LogP contribution in [0.3, 0.4) is 0 Å². The zero-order valence-electron chi connectivity index (χ0n) is 82.3. The van der Waals surface area contributed by atoms with E-state index in [4.69, 9.17) is 4.42 Å². The smallest absolute Gasteiger partial charge is 0.137 e. The van der Waals surface area contributed by atoms with Crippen molar-refractivity contribution in [2.24, 2.45) is 0 Å². The number of furan rings is 1. The van der Waals surface area contributed by atoms with Crippen LogP contribution in [-0.4, -0.2) is 0 Å². The molecule has 141 heavy (non-hydrogen) atoms. The molecule has 4 aliphatic carbocycles. The molecule has 0 amide bonds. The molecule has 0 atom stereocenters. The summed E-state index contributed by atoms with van der Waals surface area (Å²) in [4.78, 5) is 7.38. The molecular formula is C137H111N3O. The highest BCUT2D eigenvalue weighted by molar-refractivity contribution is 6.07. The van der Waals surface area contributed by atoms with E-state index >= 15 is 0 Å². The van der Waals surface area contributed by atoms with Gasteiger partial charge in [0.15, 0.2) is 0 Å². The van der Waals surface area contributed by atoms with Gasteiger partial charge >= 0.3 is 0 Å². The van der Waals surface area contributed by atoms with Crippen molar-refractivity contribution in [3.63, 3.8) is 0 Å². The fourth-order valence-electron chi connectivity index (χ4n) is 24.0. The lowest BCUT2D eigenvalue weighted by Gasteiger charge is -2.32. The highest BCUT2D eigenvalue weighted by Crippen LogP contribution is 2.58. The SMILES string of the molecule is Cc1cc(-c2ccc3ccccc3c2)cc(C)c1N(c1ccc(-c2ccccc2)cc1)c1ccc2c(c1)C(C)(C)c1ccccc1-2.Cc1cc(-c2ccc3ccccc3c2)cc(C)c1N(c1ccc2c(c1)C(C)(C)c1ccccc1-2)c1ccc2c(c1)C(C)(C)c1ccccc1-2.Cc1cc(-c2ccc3ccccc3c2)ccc1N(c1ccc2c(c1)C(C)(C)c1ccccc1-2)c1ccc2c(c1)oc1ccccc12. The molecule has 0 unspecified atom stereocenters. The summed E-state index contributed by atoms with van der Waals surface area (Å²) >= 11 is 0. The topological polar surface area (TPSA) is 22.9 Å². The third-order valence-electron chi connectivity index (χ3n) is 31.3. The summed E-state index contributed by atoms with van der Waals surface area (Å²) in [5.41, 5.74) is 49.9. The summed E-state index contributed by atoms with van der Waals surface area (Å²) in [6, 6.07) is 161. The minimum Gasteiger partial charge on any atom is -0.456 e. The standard InChI is InChI=1S/C48H41N.C45H37N.C44H33NO/c1-30-25-35(34-20-19-32-13-7-8-14-33(32)27-34)26-31(2)46(30)49(36-21-23-40-38-15-9-11-17-42(38)47(3,4)44(40)28-36)37-22-24-41-39-16-10-12-18-43(39)48(5,6)45(41)29-37;1-30-26-37(36-19-18-33-14-8-9-15-35(33)28-36)27-31(2)44(30)46(38-22-20-34(21-23-38)32-12-6-5-7-13-32)39-24-25-41-40-16-10-11-17-42(40)45(3,4)43(41)29-39;1-28-24-31(32-17-16-29-10-4-5-11-30(29)25-32)18-23-41(28)45(34-20-22-38-37-13-7-9-15-42(37)46-43(38)27-34)33-19-21-36-35-12-6-8-14-39(35)44(2,3)40(36)26-33/h7-29H,1-6H3;5-29H,1-4H3;4-27H,1-3H3. The van der Waals surface area contributed by atoms with E-state index in [0.717, 1.165) is 44.7 Å². The second-order valence-electron chi connectivity index (χ2n) is 41.4. The van der Waals surface area contributed by atoms with E-state index in [9.17, 15) is 0 Å². The van der Waals surface area contributed by atoms with Crippen molar-refractivity contribution < 1.29 is 4.42 Å². The van der Waals surface area contributed by atoms with Crippen LogP contribution in [0.4, 0.5) is 51.2 Å². The first-order valence-corrected chi connectivity index (χ1v) is 49.7. The van der Waals surface area contributed by atoms with Crippen LogP contribution >= 0.6 is 0 Å². The summed E-state index contributed by atoms with van der Waals surface area (Å²) < 4.78 is 6.38. The molecule has 0 radical (unpaired) electrons. The quantitative estimate of drug-likeness (QED) is 0.115. The average molecular weight is 1820 g/mol. The number of hydrogen-bond acceptors (Lipinski definition) is 4. The number of benzene rings is 21. The molecule has 21 aromatic carbocycles. The van der Waals surface area contributed by atoms with E-state index in [1.165, 1.54) is 222 Å². The Morgan fingerprint density at radius 1 is 0.170 bits per heavy atom. The highest BCUT2D eigenvalue weighted by Gasteiger charge is 2.41. The maximum atomic E-state index is 6.38. The van der Waals surface area contributed by atoms with Crippen molar-refractivity contribution >= 4 is 105 Å². The maximum Gasteiger partial charge on any atom is 0.137 e. The molecule has 0 N–H and O–H groups in total. The molecule has 4 heteroatoms. The zero-order chi connectivity index (χ0) is 96.1. The van der Waals surface area contributed by atoms with Gasteiger partial charge in [0, 0.05) is 78.3 Å². The molecule has 1 aromatic heterocycles. The summed E-state index contributed by atoms with van der Waals surface area (Å²) in [5.74, 6) is 0. The van der Waals surface area contributed by atoms with Crippen LogP contribution in [0.5, 0.6) is 0 Å². The number of aryl methyl sites for hydroxylation is 5. The van der Waals surface area contributed by atoms with Gasteiger partial charge in [-0.1, -0.05) is 353 Å². The van der Waals surface area contributed by atoms with Crippen LogP contribution < -0.4 is 14.7 Å². The number of anilines is 9. The fourth-order valence-corrected chi connectivity index (χ4v) is 24.0. The van der Waals surface area contributed by atoms with Crippen LogP contribution in [0.25, 0.3) is 143 Å². The van der Waals surface area contributed by atoms with Crippen molar-refractivity contribution in [3.05, 3.63) is 509 Å². The third-order valence-corrected chi connectivity index (χ3v) is 31.3. The lowest BCUT2D eigenvalue weighted by Crippen LogP contribution is -2.18. The fraction of sp³-hybridized carbons (Fsp3) is 0.124. The minimum atomic E-state index is -0.0920. The van der Waals surface area contributed by atoms with Crippen LogP contribution in [-0.2, 0) is 21.7 Å². The summed E-state index contributed by atoms with van der Waals surface area (Å²) in [6.45, 7) is 30.2. The molecular weight excluding hydrogens is 1700 g/mol. The Bertz CT molecular complexity index is 8660. The van der Waals surface area contributed by atoms with Gasteiger partial charge in [0.25, 0.3) is 0 Å². The van der Waals surface area contributed by atoms with Gasteiger partial charge in [0.1, 0.15) is 11.2 Å². The Kier molecular flexibility index (Phi) is 21.1. The number of para-hydroxylation sites is 1. The summed E-state index contributed by atoms with van der Waals surface area (Å²) in [7, 11) is 0.